The molecule has 17 heteroatoms. The van der Waals surface area contributed by atoms with E-state index in [0.29, 0.717) is 12.1 Å². The first-order valence-corrected chi connectivity index (χ1v) is 11.2. The molecule has 0 aliphatic rings. The number of thiazole rings is 1. The van der Waals surface area contributed by atoms with Crippen LogP contribution >= 0.6 is 11.3 Å². The predicted molar refractivity (Wildman–Crippen MR) is 104 cm³/mol. The van der Waals surface area contributed by atoms with Crippen molar-refractivity contribution in [2.45, 2.75) is 30.0 Å². The topological polar surface area (TPSA) is 140 Å². The Morgan fingerprint density at radius 3 is 2.56 bits per heavy atom. The van der Waals surface area contributed by atoms with Gasteiger partial charge in [-0.15, -0.1) is 13.2 Å². The number of nitriles is 1. The van der Waals surface area contributed by atoms with Crippen LogP contribution in [0.2, 0.25) is 0 Å². The quantitative estimate of drug-likeness (QED) is 0.467. The number of nitrogens with zero attached hydrogens (tertiary/aromatic N) is 5. The van der Waals surface area contributed by atoms with Crippen molar-refractivity contribution in [3.63, 3.8) is 0 Å². The van der Waals surface area contributed by atoms with E-state index in [0.717, 1.165) is 17.7 Å². The lowest BCUT2D eigenvalue weighted by Crippen LogP contribution is -2.29. The number of hydrogen-bond donors (Lipinski definition) is 1. The average molecular weight is 522 g/mol. The number of halogens is 5. The summed E-state index contributed by atoms with van der Waals surface area (Å²) in [5.74, 6) is -6.13. The molecule has 180 valence electrons. The van der Waals surface area contributed by atoms with Crippen molar-refractivity contribution in [1.29, 1.82) is 5.26 Å². The molecule has 0 radical (unpaired) electrons. The van der Waals surface area contributed by atoms with Gasteiger partial charge in [-0.1, -0.05) is 11.3 Å². The first-order valence-electron chi connectivity index (χ1n) is 8.82. The van der Waals surface area contributed by atoms with Gasteiger partial charge in [0.2, 0.25) is 15.0 Å². The van der Waals surface area contributed by atoms with Gasteiger partial charge in [-0.2, -0.15) is 23.8 Å². The fourth-order valence-corrected chi connectivity index (χ4v) is 4.07. The zero-order valence-electron chi connectivity index (χ0n) is 16.6. The summed E-state index contributed by atoms with van der Waals surface area (Å²) in [4.78, 5) is 19.7. The summed E-state index contributed by atoms with van der Waals surface area (Å²) in [7, 11) is -5.35. The lowest BCUT2D eigenvalue weighted by molar-refractivity contribution is -0.274. The third kappa shape index (κ3) is 5.46. The second-order valence-electron chi connectivity index (χ2n) is 6.39. The van der Waals surface area contributed by atoms with E-state index in [2.05, 4.69) is 25.1 Å². The van der Waals surface area contributed by atoms with Crippen LogP contribution in [0.15, 0.2) is 35.6 Å². The van der Waals surface area contributed by atoms with Crippen LogP contribution in [-0.2, 0) is 9.84 Å². The number of carbonyl (C=O) groups excluding carboxylic acids is 1. The van der Waals surface area contributed by atoms with Gasteiger partial charge in [0.1, 0.15) is 23.0 Å². The molecule has 0 spiro atoms. The van der Waals surface area contributed by atoms with E-state index in [1.807, 2.05) is 6.07 Å². The molecule has 1 N–H and O–H groups in total. The number of nitrogens with one attached hydrogen (secondary N) is 1. The van der Waals surface area contributed by atoms with E-state index >= 15 is 0 Å². The molecule has 1 atom stereocenters. The first kappa shape index (κ1) is 25.0. The molecule has 0 aliphatic carbocycles. The Kier molecular flexibility index (Phi) is 6.84. The summed E-state index contributed by atoms with van der Waals surface area (Å²) < 4.78 is 92.2. The molecule has 10 nitrogen and oxygen atoms in total. The first-order chi connectivity index (χ1) is 15.8. The van der Waals surface area contributed by atoms with Crippen molar-refractivity contribution in [2.75, 3.05) is 0 Å². The Morgan fingerprint density at radius 1 is 1.26 bits per heavy atom. The van der Waals surface area contributed by atoms with E-state index in [1.165, 1.54) is 17.8 Å². The minimum atomic E-state index is -5.35. The van der Waals surface area contributed by atoms with Crippen molar-refractivity contribution < 1.29 is 39.9 Å². The SMILES string of the molecule is C[C@H](NC(=O)c1cc(OC(F)(F)F)cc(S(=O)(=O)C(F)F)c1)c1ncnn1-c1ncc(C#N)s1. The molecule has 0 unspecified atom stereocenters. The van der Waals surface area contributed by atoms with Gasteiger partial charge in [0.05, 0.1) is 17.1 Å². The van der Waals surface area contributed by atoms with Crippen molar-refractivity contribution >= 4 is 27.1 Å². The van der Waals surface area contributed by atoms with E-state index in [1.54, 1.807) is 0 Å². The number of sulfone groups is 1. The Bertz CT molecular complexity index is 1360. The van der Waals surface area contributed by atoms with Crippen LogP contribution in [0, 0.1) is 11.3 Å². The average Bonchev–Trinajstić information content (AvgIpc) is 3.41. The smallest absolute Gasteiger partial charge is 0.406 e. The molecular formula is C17H11F5N6O4S2. The van der Waals surface area contributed by atoms with Gasteiger partial charge in [-0.05, 0) is 25.1 Å². The van der Waals surface area contributed by atoms with Gasteiger partial charge in [-0.3, -0.25) is 4.79 Å². The molecule has 0 aliphatic heterocycles. The minimum Gasteiger partial charge on any atom is -0.406 e. The van der Waals surface area contributed by atoms with E-state index in [4.69, 9.17) is 5.26 Å². The predicted octanol–water partition coefficient (Wildman–Crippen LogP) is 2.98. The number of alkyl halides is 5. The summed E-state index contributed by atoms with van der Waals surface area (Å²) in [6.07, 6.45) is -2.87. The van der Waals surface area contributed by atoms with Crippen molar-refractivity contribution in [2.24, 2.45) is 0 Å². The Hall–Kier alpha value is -3.65. The third-order valence-corrected chi connectivity index (χ3v) is 6.27. The Balaban J connectivity index is 1.93. The lowest BCUT2D eigenvalue weighted by atomic mass is 10.2. The summed E-state index contributed by atoms with van der Waals surface area (Å²) in [6.45, 7) is 1.42. The molecular weight excluding hydrogens is 511 g/mol. The van der Waals surface area contributed by atoms with Gasteiger partial charge in [0.25, 0.3) is 5.91 Å². The van der Waals surface area contributed by atoms with Crippen LogP contribution in [0.4, 0.5) is 22.0 Å². The second-order valence-corrected chi connectivity index (χ2v) is 9.32. The fraction of sp³-hybridized carbons (Fsp3) is 0.235. The Morgan fingerprint density at radius 2 is 1.97 bits per heavy atom. The number of amides is 1. The molecule has 0 fully saturated rings. The lowest BCUT2D eigenvalue weighted by Gasteiger charge is -2.16. The normalized spacial score (nSPS) is 12.9. The maximum atomic E-state index is 12.9. The number of hydrogen-bond acceptors (Lipinski definition) is 9. The molecule has 0 bridgehead atoms. The summed E-state index contributed by atoms with van der Waals surface area (Å²) in [5, 5.41) is 15.5. The third-order valence-electron chi connectivity index (χ3n) is 4.03. The van der Waals surface area contributed by atoms with Gasteiger partial charge < -0.3 is 10.1 Å². The maximum Gasteiger partial charge on any atom is 0.573 e. The highest BCUT2D eigenvalue weighted by Crippen LogP contribution is 2.29. The standard InChI is InChI=1S/C17H11F5N6O4S2/c1-8(13-25-7-26-28(13)16-24-6-11(5-23)33-16)27-14(29)9-2-10(32-17(20,21)22)4-12(3-9)34(30,31)15(18)19/h2-4,6-8,15H,1H3,(H,27,29)/t8-/m0/s1. The molecule has 0 saturated carbocycles. The van der Waals surface area contributed by atoms with Gasteiger partial charge in [0, 0.05) is 5.56 Å². The van der Waals surface area contributed by atoms with Crippen molar-refractivity contribution in [3.8, 4) is 17.0 Å². The zero-order valence-corrected chi connectivity index (χ0v) is 18.2. The highest BCUT2D eigenvalue weighted by molar-refractivity contribution is 7.91. The Labute approximate surface area is 191 Å². The number of aromatic nitrogens is 4. The highest BCUT2D eigenvalue weighted by Gasteiger charge is 2.34. The molecule has 3 aromatic rings. The van der Waals surface area contributed by atoms with Crippen LogP contribution in [-0.4, -0.2) is 46.2 Å². The van der Waals surface area contributed by atoms with Crippen molar-refractivity contribution in [3.05, 3.63) is 47.0 Å². The minimum absolute atomic E-state index is 0.107. The molecule has 3 rings (SSSR count). The summed E-state index contributed by atoms with van der Waals surface area (Å²) >= 11 is 0.967. The largest absolute Gasteiger partial charge is 0.573 e. The number of rotatable bonds is 7. The summed E-state index contributed by atoms with van der Waals surface area (Å²) in [6, 6.07) is 2.20. The van der Waals surface area contributed by atoms with Crippen LogP contribution in [0.1, 0.15) is 34.0 Å². The van der Waals surface area contributed by atoms with Gasteiger partial charge in [-0.25, -0.2) is 18.4 Å². The van der Waals surface area contributed by atoms with E-state index < -0.39 is 50.1 Å². The second kappa shape index (κ2) is 9.30. The molecule has 2 aromatic heterocycles. The zero-order chi connectivity index (χ0) is 25.3. The highest BCUT2D eigenvalue weighted by atomic mass is 32.2. The van der Waals surface area contributed by atoms with Crippen molar-refractivity contribution in [1.82, 2.24) is 25.1 Å². The number of ether oxygens (including phenoxy) is 1. The maximum absolute atomic E-state index is 12.9. The molecule has 34 heavy (non-hydrogen) atoms. The van der Waals surface area contributed by atoms with Gasteiger partial charge >= 0.3 is 12.1 Å². The van der Waals surface area contributed by atoms with E-state index in [-0.39, 0.29) is 21.9 Å². The van der Waals surface area contributed by atoms with Crippen LogP contribution in [0.3, 0.4) is 0 Å². The number of carbonyl (C=O) groups is 1. The molecule has 1 amide bonds. The fourth-order valence-electron chi connectivity index (χ4n) is 2.61. The van der Waals surface area contributed by atoms with Gasteiger partial charge in [0.15, 0.2) is 5.82 Å². The molecule has 1 aromatic carbocycles. The monoisotopic (exact) mass is 522 g/mol. The van der Waals surface area contributed by atoms with E-state index in [9.17, 15) is 35.2 Å². The number of benzene rings is 1. The molecule has 0 saturated heterocycles. The van der Waals surface area contributed by atoms with Crippen LogP contribution in [0.5, 0.6) is 5.75 Å². The van der Waals surface area contributed by atoms with Crippen LogP contribution < -0.4 is 10.1 Å². The molecule has 2 heterocycles. The summed E-state index contributed by atoms with van der Waals surface area (Å²) in [5.41, 5.74) is -0.695. The van der Waals surface area contributed by atoms with Crippen LogP contribution in [0.25, 0.3) is 5.13 Å².